The molecule has 1 heterocycles. The molecule has 0 saturated heterocycles. The number of hydrogen-bond donors (Lipinski definition) is 5. The highest BCUT2D eigenvalue weighted by molar-refractivity contribution is 7.92. The lowest BCUT2D eigenvalue weighted by Crippen LogP contribution is -2.29. The number of sulfonamides is 1. The molecule has 1 unspecified atom stereocenters. The fourth-order valence-corrected chi connectivity index (χ4v) is 5.77. The van der Waals surface area contributed by atoms with Crippen molar-refractivity contribution in [2.75, 3.05) is 16.6 Å². The summed E-state index contributed by atoms with van der Waals surface area (Å²) >= 11 is 12.8. The van der Waals surface area contributed by atoms with E-state index in [2.05, 4.69) is 20.0 Å². The van der Waals surface area contributed by atoms with E-state index in [0.717, 1.165) is 11.0 Å². The second-order valence-electron chi connectivity index (χ2n) is 9.71. The van der Waals surface area contributed by atoms with Crippen LogP contribution in [0.3, 0.4) is 0 Å². The summed E-state index contributed by atoms with van der Waals surface area (Å²) in [6.07, 6.45) is 0. The summed E-state index contributed by atoms with van der Waals surface area (Å²) in [5.41, 5.74) is 4.50. The van der Waals surface area contributed by atoms with E-state index in [-0.39, 0.29) is 27.8 Å². The Labute approximate surface area is 262 Å². The summed E-state index contributed by atoms with van der Waals surface area (Å²) in [6.45, 7) is 1.59. The van der Waals surface area contributed by atoms with Crippen molar-refractivity contribution in [1.29, 1.82) is 0 Å². The number of hydroxylamine groups is 1. The number of nitrogens with zero attached hydrogens (tertiary/aromatic N) is 1. The first-order chi connectivity index (χ1) is 21.0. The highest BCUT2D eigenvalue weighted by Crippen LogP contribution is 2.31. The van der Waals surface area contributed by atoms with E-state index in [0.29, 0.717) is 27.8 Å². The Hall–Kier alpha value is -4.62. The van der Waals surface area contributed by atoms with Gasteiger partial charge < -0.3 is 15.0 Å². The van der Waals surface area contributed by atoms with Crippen LogP contribution < -0.4 is 20.3 Å². The van der Waals surface area contributed by atoms with Gasteiger partial charge in [0.1, 0.15) is 11.6 Å². The largest absolute Gasteiger partial charge is 0.493 e. The predicted octanol–water partition coefficient (Wildman–Crippen LogP) is 6.11. The molecule has 0 fully saturated rings. The third-order valence-corrected chi connectivity index (χ3v) is 8.55. The summed E-state index contributed by atoms with van der Waals surface area (Å²) in [7, 11) is -4.06. The van der Waals surface area contributed by atoms with Crippen molar-refractivity contribution in [3.05, 3.63) is 101 Å². The monoisotopic (exact) mass is 653 g/mol. The second kappa shape index (κ2) is 12.9. The number of rotatable bonds is 10. The van der Waals surface area contributed by atoms with Crippen molar-refractivity contribution in [3.63, 3.8) is 0 Å². The molecule has 2 amide bonds. The number of halogens is 2. The maximum Gasteiger partial charge on any atom is 0.261 e. The molecule has 5 N–H and O–H groups in total. The minimum Gasteiger partial charge on any atom is -0.493 e. The number of aromatic nitrogens is 2. The number of ether oxygens (including phenoxy) is 1. The fourth-order valence-electron chi connectivity index (χ4n) is 4.15. The molecule has 11 nitrogen and oxygen atoms in total. The van der Waals surface area contributed by atoms with E-state index >= 15 is 0 Å². The molecule has 4 aromatic carbocycles. The second-order valence-corrected chi connectivity index (χ2v) is 12.2. The molecule has 0 saturated carbocycles. The maximum absolute atomic E-state index is 13.1. The summed E-state index contributed by atoms with van der Waals surface area (Å²) in [5, 5.41) is 11.8. The molecule has 226 valence electrons. The molecular formula is C30H25Cl2N5O6S. The average molecular weight is 655 g/mol. The van der Waals surface area contributed by atoms with Crippen molar-refractivity contribution in [3.8, 4) is 17.1 Å². The predicted molar refractivity (Wildman–Crippen MR) is 168 cm³/mol. The lowest BCUT2D eigenvalue weighted by atomic mass is 10.1. The maximum atomic E-state index is 13.1. The normalized spacial score (nSPS) is 12.0. The van der Waals surface area contributed by atoms with E-state index in [9.17, 15) is 18.0 Å². The number of hydrogen-bond acceptors (Lipinski definition) is 7. The standard InChI is InChI=1S/C30H25Cl2N5O6S/c1-17(29(38)36-40)16-43-20-9-6-18(7-10-20)37-44(41,42)21-11-12-22(25(32)15-21)30(39)33-19-8-13-24(31)23(14-19)28-34-26-4-2-3-5-27(26)35-28/h2-15,17,37,40H,16H2,1H3,(H,33,39)(H,34,35)(H,36,38). The Bertz CT molecular complexity index is 1930. The molecule has 0 radical (unpaired) electrons. The summed E-state index contributed by atoms with van der Waals surface area (Å²) in [5.74, 6) is -0.800. The quantitative estimate of drug-likeness (QED) is 0.0897. The van der Waals surface area contributed by atoms with Crippen LogP contribution in [0, 0.1) is 5.92 Å². The van der Waals surface area contributed by atoms with Crippen molar-refractivity contribution in [2.24, 2.45) is 5.92 Å². The Morgan fingerprint density at radius 2 is 1.68 bits per heavy atom. The van der Waals surface area contributed by atoms with Crippen molar-refractivity contribution in [1.82, 2.24) is 15.4 Å². The first kappa shape index (κ1) is 30.8. The van der Waals surface area contributed by atoms with Crippen LogP contribution in [0.5, 0.6) is 5.75 Å². The number of nitrogens with one attached hydrogen (secondary N) is 4. The van der Waals surface area contributed by atoms with Gasteiger partial charge >= 0.3 is 0 Å². The van der Waals surface area contributed by atoms with E-state index in [4.69, 9.17) is 33.1 Å². The van der Waals surface area contributed by atoms with Gasteiger partial charge in [-0.15, -0.1) is 0 Å². The molecular weight excluding hydrogens is 629 g/mol. The Balaban J connectivity index is 1.26. The fraction of sp³-hybridized carbons (Fsp3) is 0.100. The zero-order valence-electron chi connectivity index (χ0n) is 23.0. The molecule has 0 aliphatic carbocycles. The van der Waals surface area contributed by atoms with Crippen LogP contribution in [-0.4, -0.2) is 42.0 Å². The zero-order chi connectivity index (χ0) is 31.4. The van der Waals surface area contributed by atoms with Gasteiger partial charge in [0.05, 0.1) is 44.1 Å². The van der Waals surface area contributed by atoms with E-state index in [1.165, 1.54) is 42.5 Å². The number of benzene rings is 4. The molecule has 1 aromatic heterocycles. The lowest BCUT2D eigenvalue weighted by molar-refractivity contribution is -0.133. The van der Waals surface area contributed by atoms with Gasteiger partial charge in [0.15, 0.2) is 0 Å². The van der Waals surface area contributed by atoms with Crippen LogP contribution in [0.1, 0.15) is 17.3 Å². The van der Waals surface area contributed by atoms with Gasteiger partial charge in [0, 0.05) is 16.9 Å². The Morgan fingerprint density at radius 1 is 0.955 bits per heavy atom. The number of carbonyl (C=O) groups excluding carboxylic acids is 2. The smallest absolute Gasteiger partial charge is 0.261 e. The number of amides is 2. The molecule has 1 atom stereocenters. The number of carbonyl (C=O) groups is 2. The molecule has 0 bridgehead atoms. The number of fused-ring (bicyclic) bond motifs is 1. The molecule has 0 aliphatic rings. The van der Waals surface area contributed by atoms with E-state index < -0.39 is 27.8 Å². The molecule has 5 rings (SSSR count). The molecule has 0 aliphatic heterocycles. The average Bonchev–Trinajstić information content (AvgIpc) is 3.45. The topological polar surface area (TPSA) is 163 Å². The third kappa shape index (κ3) is 6.95. The van der Waals surface area contributed by atoms with Gasteiger partial charge in [-0.25, -0.2) is 18.9 Å². The SMILES string of the molecule is CC(COc1ccc(NS(=O)(=O)c2ccc(C(=O)Nc3ccc(Cl)c(-c4nc5ccccc5[nH]4)c3)c(Cl)c2)cc1)C(=O)NO. The molecule has 14 heteroatoms. The lowest BCUT2D eigenvalue weighted by Gasteiger charge is -2.13. The van der Waals surface area contributed by atoms with Gasteiger partial charge in [-0.2, -0.15) is 0 Å². The Kier molecular flexibility index (Phi) is 9.06. The first-order valence-corrected chi connectivity index (χ1v) is 15.3. The molecule has 44 heavy (non-hydrogen) atoms. The van der Waals surface area contributed by atoms with Crippen LogP contribution in [0.4, 0.5) is 11.4 Å². The number of aromatic amines is 1. The highest BCUT2D eigenvalue weighted by Gasteiger charge is 2.20. The summed E-state index contributed by atoms with van der Waals surface area (Å²) in [4.78, 5) is 32.1. The first-order valence-electron chi connectivity index (χ1n) is 13.1. The van der Waals surface area contributed by atoms with Gasteiger partial charge in [0.25, 0.3) is 15.9 Å². The third-order valence-electron chi connectivity index (χ3n) is 6.53. The number of para-hydroxylation sites is 2. The van der Waals surface area contributed by atoms with Crippen molar-refractivity contribution < 1.29 is 28.0 Å². The number of imidazole rings is 1. The Morgan fingerprint density at radius 3 is 2.39 bits per heavy atom. The van der Waals surface area contributed by atoms with Crippen molar-refractivity contribution in [2.45, 2.75) is 11.8 Å². The van der Waals surface area contributed by atoms with Gasteiger partial charge in [-0.3, -0.25) is 19.5 Å². The van der Waals surface area contributed by atoms with Crippen LogP contribution >= 0.6 is 23.2 Å². The van der Waals surface area contributed by atoms with Gasteiger partial charge in [-0.05, 0) is 72.8 Å². The van der Waals surface area contributed by atoms with Gasteiger partial charge in [-0.1, -0.05) is 42.3 Å². The minimum atomic E-state index is -4.06. The minimum absolute atomic E-state index is 0.0103. The van der Waals surface area contributed by atoms with Crippen LogP contribution in [-0.2, 0) is 14.8 Å². The van der Waals surface area contributed by atoms with E-state index in [1.807, 2.05) is 24.3 Å². The summed E-state index contributed by atoms with van der Waals surface area (Å²) < 4.78 is 34.0. The van der Waals surface area contributed by atoms with E-state index in [1.54, 1.807) is 30.6 Å². The number of anilines is 2. The molecule has 5 aromatic rings. The van der Waals surface area contributed by atoms with Crippen molar-refractivity contribution >= 4 is 67.4 Å². The zero-order valence-corrected chi connectivity index (χ0v) is 25.3. The highest BCUT2D eigenvalue weighted by atomic mass is 35.5. The van der Waals surface area contributed by atoms with Crippen LogP contribution in [0.2, 0.25) is 10.0 Å². The molecule has 0 spiro atoms. The number of H-pyrrole nitrogens is 1. The summed E-state index contributed by atoms with van der Waals surface area (Å²) in [6, 6.07) is 22.3. The van der Waals surface area contributed by atoms with Crippen LogP contribution in [0.25, 0.3) is 22.4 Å². The van der Waals surface area contributed by atoms with Crippen LogP contribution in [0.15, 0.2) is 89.8 Å². The van der Waals surface area contributed by atoms with Gasteiger partial charge in [0.2, 0.25) is 5.91 Å².